The molecule has 0 bridgehead atoms. The summed E-state index contributed by atoms with van der Waals surface area (Å²) < 4.78 is 0. The second kappa shape index (κ2) is 8.89. The lowest BCUT2D eigenvalue weighted by Gasteiger charge is -2.10. The van der Waals surface area contributed by atoms with E-state index in [0.29, 0.717) is 22.8 Å². The van der Waals surface area contributed by atoms with Crippen LogP contribution in [0.5, 0.6) is 0 Å². The number of carbonyl (C=O) groups excluding carboxylic acids is 2. The van der Waals surface area contributed by atoms with Crippen LogP contribution in [0.1, 0.15) is 29.3 Å². The first kappa shape index (κ1) is 17.8. The van der Waals surface area contributed by atoms with E-state index < -0.39 is 0 Å². The van der Waals surface area contributed by atoms with E-state index in [9.17, 15) is 9.59 Å². The quantitative estimate of drug-likeness (QED) is 0.775. The van der Waals surface area contributed by atoms with Crippen LogP contribution in [0.3, 0.4) is 0 Å². The Morgan fingerprint density at radius 3 is 2.54 bits per heavy atom. The molecule has 0 saturated carbocycles. The number of halogens is 1. The number of hydrogen-bond acceptors (Lipinski definition) is 2. The third-order valence-electron chi connectivity index (χ3n) is 3.28. The molecule has 2 N–H and O–H groups in total. The molecular weight excluding hydrogens is 324 g/mol. The molecule has 0 unspecified atom stereocenters. The number of anilines is 1. The highest BCUT2D eigenvalue weighted by atomic mass is 35.5. The third-order valence-corrected chi connectivity index (χ3v) is 3.63. The summed E-state index contributed by atoms with van der Waals surface area (Å²) in [7, 11) is 0. The fourth-order valence-corrected chi connectivity index (χ4v) is 2.27. The molecule has 0 aliphatic heterocycles. The zero-order valence-electron chi connectivity index (χ0n) is 13.4. The van der Waals surface area contributed by atoms with Gasteiger partial charge < -0.3 is 10.6 Å². The first-order valence-corrected chi connectivity index (χ1v) is 8.10. The number of amides is 2. The van der Waals surface area contributed by atoms with Crippen molar-refractivity contribution in [3.63, 3.8) is 0 Å². The molecule has 0 spiro atoms. The van der Waals surface area contributed by atoms with Gasteiger partial charge in [0.2, 0.25) is 5.91 Å². The second-order valence-electron chi connectivity index (χ2n) is 5.15. The van der Waals surface area contributed by atoms with Crippen LogP contribution >= 0.6 is 11.6 Å². The number of benzene rings is 2. The molecule has 0 aliphatic carbocycles. The molecule has 2 aromatic rings. The maximum atomic E-state index is 12.1. The van der Waals surface area contributed by atoms with Crippen LogP contribution in [0.15, 0.2) is 54.6 Å². The first-order chi connectivity index (χ1) is 11.6. The van der Waals surface area contributed by atoms with Crippen LogP contribution in [0.4, 0.5) is 5.69 Å². The molecule has 0 heterocycles. The molecule has 0 aliphatic rings. The van der Waals surface area contributed by atoms with Gasteiger partial charge in [0.15, 0.2) is 0 Å². The monoisotopic (exact) mass is 342 g/mol. The number of carbonyl (C=O) groups is 2. The number of rotatable bonds is 6. The van der Waals surface area contributed by atoms with Gasteiger partial charge in [-0.1, -0.05) is 48.9 Å². The summed E-state index contributed by atoms with van der Waals surface area (Å²) in [6.45, 7) is 2.57. The molecule has 2 aromatic carbocycles. The Bertz CT molecular complexity index is 757. The number of nitrogens with one attached hydrogen (secondary N) is 2. The second-order valence-corrected chi connectivity index (χ2v) is 5.55. The minimum atomic E-state index is -0.328. The molecule has 0 saturated heterocycles. The summed E-state index contributed by atoms with van der Waals surface area (Å²) in [5.41, 5.74) is 1.66. The van der Waals surface area contributed by atoms with Crippen molar-refractivity contribution in [3.8, 4) is 0 Å². The van der Waals surface area contributed by atoms with Crippen LogP contribution in [0, 0.1) is 0 Å². The fourth-order valence-electron chi connectivity index (χ4n) is 2.07. The van der Waals surface area contributed by atoms with Crippen molar-refractivity contribution < 1.29 is 9.59 Å². The Morgan fingerprint density at radius 2 is 1.79 bits per heavy atom. The lowest BCUT2D eigenvalue weighted by Crippen LogP contribution is -2.25. The van der Waals surface area contributed by atoms with Crippen LogP contribution in [0.2, 0.25) is 5.02 Å². The maximum absolute atomic E-state index is 12.1. The third kappa shape index (κ3) is 4.96. The van der Waals surface area contributed by atoms with Crippen molar-refractivity contribution >= 4 is 35.2 Å². The predicted molar refractivity (Wildman–Crippen MR) is 98.2 cm³/mol. The highest BCUT2D eigenvalue weighted by molar-refractivity contribution is 6.32. The molecule has 0 fully saturated rings. The van der Waals surface area contributed by atoms with Crippen LogP contribution in [-0.4, -0.2) is 18.4 Å². The van der Waals surface area contributed by atoms with Crippen molar-refractivity contribution in [3.05, 3.63) is 70.8 Å². The summed E-state index contributed by atoms with van der Waals surface area (Å²) >= 11 is 6.05. The van der Waals surface area contributed by atoms with Crippen LogP contribution < -0.4 is 10.6 Å². The molecule has 0 radical (unpaired) electrons. The molecule has 4 nitrogen and oxygen atoms in total. The van der Waals surface area contributed by atoms with Crippen LogP contribution in [-0.2, 0) is 4.79 Å². The molecule has 0 atom stereocenters. The minimum absolute atomic E-state index is 0.206. The predicted octanol–water partition coefficient (Wildman–Crippen LogP) is 4.13. The summed E-state index contributed by atoms with van der Waals surface area (Å²) in [6, 6.07) is 14.1. The van der Waals surface area contributed by atoms with Gasteiger partial charge in [-0.25, -0.2) is 0 Å². The normalized spacial score (nSPS) is 10.6. The standard InChI is InChI=1S/C19H19ClN2O2/c1-2-13-21-19(24)15-8-4-6-10-17(15)22-18(23)12-11-14-7-3-5-9-16(14)20/h3-12H,2,13H2,1H3,(H,21,24)(H,22,23)/b12-11+. The Labute approximate surface area is 146 Å². The molecule has 0 aromatic heterocycles. The summed E-state index contributed by atoms with van der Waals surface area (Å²) in [5.74, 6) is -0.534. The zero-order valence-corrected chi connectivity index (χ0v) is 14.1. The lowest BCUT2D eigenvalue weighted by molar-refractivity contribution is -0.111. The molecule has 2 rings (SSSR count). The highest BCUT2D eigenvalue weighted by Gasteiger charge is 2.11. The zero-order chi connectivity index (χ0) is 17.4. The average molecular weight is 343 g/mol. The van der Waals surface area contributed by atoms with Crippen molar-refractivity contribution in [2.24, 2.45) is 0 Å². The van der Waals surface area contributed by atoms with E-state index in [1.54, 1.807) is 36.4 Å². The SMILES string of the molecule is CCCNC(=O)c1ccccc1NC(=O)/C=C/c1ccccc1Cl. The van der Waals surface area contributed by atoms with E-state index in [-0.39, 0.29) is 11.8 Å². The van der Waals surface area contributed by atoms with Crippen molar-refractivity contribution in [2.45, 2.75) is 13.3 Å². The topological polar surface area (TPSA) is 58.2 Å². The fraction of sp³-hybridized carbons (Fsp3) is 0.158. The van der Waals surface area contributed by atoms with Gasteiger partial charge in [0.05, 0.1) is 11.3 Å². The van der Waals surface area contributed by atoms with Gasteiger partial charge >= 0.3 is 0 Å². The van der Waals surface area contributed by atoms with E-state index in [2.05, 4.69) is 10.6 Å². The average Bonchev–Trinajstić information content (AvgIpc) is 2.59. The van der Waals surface area contributed by atoms with Crippen molar-refractivity contribution in [1.29, 1.82) is 0 Å². The van der Waals surface area contributed by atoms with Gasteiger partial charge in [-0.15, -0.1) is 0 Å². The molecule has 24 heavy (non-hydrogen) atoms. The smallest absolute Gasteiger partial charge is 0.253 e. The largest absolute Gasteiger partial charge is 0.352 e. The van der Waals surface area contributed by atoms with Crippen LogP contribution in [0.25, 0.3) is 6.08 Å². The Hall–Kier alpha value is -2.59. The summed E-state index contributed by atoms with van der Waals surface area (Å²) in [4.78, 5) is 24.2. The van der Waals surface area contributed by atoms with E-state index >= 15 is 0 Å². The molecule has 5 heteroatoms. The van der Waals surface area contributed by atoms with Gasteiger partial charge in [-0.05, 0) is 36.3 Å². The minimum Gasteiger partial charge on any atom is -0.352 e. The number of hydrogen-bond donors (Lipinski definition) is 2. The van der Waals surface area contributed by atoms with E-state index in [0.717, 1.165) is 12.0 Å². The van der Waals surface area contributed by atoms with E-state index in [4.69, 9.17) is 11.6 Å². The Balaban J connectivity index is 2.09. The molecule has 124 valence electrons. The van der Waals surface area contributed by atoms with Gasteiger partial charge in [0.25, 0.3) is 5.91 Å². The van der Waals surface area contributed by atoms with Gasteiger partial charge in [0, 0.05) is 17.6 Å². The van der Waals surface area contributed by atoms with Crippen molar-refractivity contribution in [1.82, 2.24) is 5.32 Å². The number of para-hydroxylation sites is 1. The Morgan fingerprint density at radius 1 is 1.08 bits per heavy atom. The van der Waals surface area contributed by atoms with Gasteiger partial charge in [0.1, 0.15) is 0 Å². The highest BCUT2D eigenvalue weighted by Crippen LogP contribution is 2.17. The Kier molecular flexibility index (Phi) is 6.58. The van der Waals surface area contributed by atoms with Crippen molar-refractivity contribution in [2.75, 3.05) is 11.9 Å². The summed E-state index contributed by atoms with van der Waals surface area (Å²) in [6.07, 6.45) is 3.88. The summed E-state index contributed by atoms with van der Waals surface area (Å²) in [5, 5.41) is 6.10. The van der Waals surface area contributed by atoms with Gasteiger partial charge in [-0.2, -0.15) is 0 Å². The van der Waals surface area contributed by atoms with E-state index in [1.165, 1.54) is 6.08 Å². The lowest BCUT2D eigenvalue weighted by atomic mass is 10.1. The van der Waals surface area contributed by atoms with E-state index in [1.807, 2.05) is 25.1 Å². The molecular formula is C19H19ClN2O2. The molecule has 2 amide bonds. The van der Waals surface area contributed by atoms with Gasteiger partial charge in [-0.3, -0.25) is 9.59 Å². The first-order valence-electron chi connectivity index (χ1n) is 7.72. The maximum Gasteiger partial charge on any atom is 0.253 e.